The molecule has 3 heterocycles. The van der Waals surface area contributed by atoms with Gasteiger partial charge < -0.3 is 15.2 Å². The van der Waals surface area contributed by atoms with Crippen molar-refractivity contribution in [1.29, 1.82) is 0 Å². The Balaban J connectivity index is 1.79. The Bertz CT molecular complexity index is 1060. The normalized spacial score (nSPS) is 20.2. The number of H-pyrrole nitrogens is 1. The average Bonchev–Trinajstić information content (AvgIpc) is 3.11. The number of aromatic amines is 1. The molecule has 0 saturated carbocycles. The molecule has 2 aliphatic rings. The number of benzene rings is 1. The van der Waals surface area contributed by atoms with Crippen molar-refractivity contribution in [3.05, 3.63) is 41.5 Å². The molecule has 2 N–H and O–H groups in total. The topological polar surface area (TPSA) is 98.4 Å². The van der Waals surface area contributed by atoms with Crippen molar-refractivity contribution < 1.29 is 13.2 Å². The van der Waals surface area contributed by atoms with E-state index in [9.17, 15) is 13.2 Å². The highest BCUT2D eigenvalue weighted by Crippen LogP contribution is 2.38. The second-order valence-corrected chi connectivity index (χ2v) is 9.11. The Morgan fingerprint density at radius 3 is 2.75 bits per heavy atom. The summed E-state index contributed by atoms with van der Waals surface area (Å²) < 4.78 is 28.4. The lowest BCUT2D eigenvalue weighted by Crippen LogP contribution is -2.34. The maximum Gasteiger partial charge on any atom is 0.256 e. The van der Waals surface area contributed by atoms with Crippen LogP contribution >= 0.6 is 0 Å². The molecule has 148 valence electrons. The van der Waals surface area contributed by atoms with Gasteiger partial charge in [-0.2, -0.15) is 4.31 Å². The molecule has 0 bridgehead atoms. The molecule has 8 nitrogen and oxygen atoms in total. The largest absolute Gasteiger partial charge is 0.343 e. The summed E-state index contributed by atoms with van der Waals surface area (Å²) >= 11 is 0. The number of carbonyl (C=O) groups is 1. The highest BCUT2D eigenvalue weighted by Gasteiger charge is 2.35. The van der Waals surface area contributed by atoms with Crippen molar-refractivity contribution in [1.82, 2.24) is 19.2 Å². The number of hydrogen-bond acceptors (Lipinski definition) is 5. The first-order valence-electron chi connectivity index (χ1n) is 9.23. The summed E-state index contributed by atoms with van der Waals surface area (Å²) in [7, 11) is -1.74. The Morgan fingerprint density at radius 1 is 1.18 bits per heavy atom. The molecule has 0 atom stereocenters. The van der Waals surface area contributed by atoms with Gasteiger partial charge in [-0.05, 0) is 45.1 Å². The van der Waals surface area contributed by atoms with Gasteiger partial charge in [-0.15, -0.1) is 0 Å². The predicted octanol–water partition coefficient (Wildman–Crippen LogP) is 1.54. The molecule has 2 aromatic rings. The predicted molar refractivity (Wildman–Crippen MR) is 107 cm³/mol. The molecule has 1 aromatic carbocycles. The molecule has 9 heteroatoms. The first-order valence-corrected chi connectivity index (χ1v) is 10.7. The van der Waals surface area contributed by atoms with Crippen LogP contribution in [0.1, 0.15) is 23.5 Å². The van der Waals surface area contributed by atoms with Crippen LogP contribution in [0.4, 0.5) is 5.69 Å². The third-order valence-electron chi connectivity index (χ3n) is 5.09. The van der Waals surface area contributed by atoms with Crippen LogP contribution in [0.5, 0.6) is 0 Å². The van der Waals surface area contributed by atoms with Crippen LogP contribution in [0.3, 0.4) is 0 Å². The fourth-order valence-corrected chi connectivity index (χ4v) is 5.31. The molecular formula is C19H23N5O3S. The lowest BCUT2D eigenvalue weighted by Gasteiger charge is -2.21. The van der Waals surface area contributed by atoms with E-state index < -0.39 is 10.0 Å². The number of amides is 1. The van der Waals surface area contributed by atoms with Crippen LogP contribution in [-0.4, -0.2) is 66.7 Å². The number of hydrogen-bond donors (Lipinski definition) is 2. The Hall–Kier alpha value is -2.49. The zero-order valence-electron chi connectivity index (χ0n) is 15.9. The summed E-state index contributed by atoms with van der Waals surface area (Å²) in [6.45, 7) is 4.31. The van der Waals surface area contributed by atoms with Gasteiger partial charge in [-0.1, -0.05) is 6.07 Å². The number of sulfonamides is 1. The van der Waals surface area contributed by atoms with Gasteiger partial charge in [-0.25, -0.2) is 13.4 Å². The number of imidazole rings is 1. The van der Waals surface area contributed by atoms with E-state index in [-0.39, 0.29) is 10.8 Å². The van der Waals surface area contributed by atoms with E-state index >= 15 is 0 Å². The molecule has 1 aromatic heterocycles. The number of aryl methyl sites for hydroxylation is 1. The standard InChI is InChI=1S/C19H23N5O3S/c1-13-12-20-17(21-13)11-14-18-15(22-19(14)25)5-3-6-16(18)28(26,27)24-8-4-7-23(2)9-10-24/h3,5-6,11-12H,4,7-10H2,1-2H3,(H,20,21)(H,22,25)/b14-11-. The van der Waals surface area contributed by atoms with Gasteiger partial charge in [0.2, 0.25) is 10.0 Å². The lowest BCUT2D eigenvalue weighted by atomic mass is 10.1. The number of rotatable bonds is 3. The van der Waals surface area contributed by atoms with Crippen LogP contribution in [-0.2, 0) is 14.8 Å². The van der Waals surface area contributed by atoms with Crippen molar-refractivity contribution in [3.63, 3.8) is 0 Å². The first-order chi connectivity index (χ1) is 13.4. The number of nitrogens with one attached hydrogen (secondary N) is 2. The maximum absolute atomic E-state index is 13.4. The van der Waals surface area contributed by atoms with Crippen molar-refractivity contribution in [2.24, 2.45) is 0 Å². The minimum absolute atomic E-state index is 0.155. The van der Waals surface area contributed by atoms with Gasteiger partial charge in [0.1, 0.15) is 5.82 Å². The summed E-state index contributed by atoms with van der Waals surface area (Å²) in [4.78, 5) is 22.1. The third-order valence-corrected chi connectivity index (χ3v) is 7.03. The molecular weight excluding hydrogens is 378 g/mol. The van der Waals surface area contributed by atoms with Crippen molar-refractivity contribution in [2.45, 2.75) is 18.2 Å². The summed E-state index contributed by atoms with van der Waals surface area (Å²) in [5.74, 6) is 0.182. The van der Waals surface area contributed by atoms with Crippen LogP contribution in [0.15, 0.2) is 29.3 Å². The Morgan fingerprint density at radius 2 is 2.00 bits per heavy atom. The van der Waals surface area contributed by atoms with Gasteiger partial charge in [-0.3, -0.25) is 4.79 Å². The molecule has 1 saturated heterocycles. The molecule has 4 rings (SSSR count). The van der Waals surface area contributed by atoms with Crippen molar-refractivity contribution in [3.8, 4) is 0 Å². The van der Waals surface area contributed by atoms with Crippen LogP contribution in [0.25, 0.3) is 11.6 Å². The summed E-state index contributed by atoms with van der Waals surface area (Å²) in [5.41, 5.74) is 2.09. The summed E-state index contributed by atoms with van der Waals surface area (Å²) in [6, 6.07) is 4.96. The average molecular weight is 401 g/mol. The van der Waals surface area contributed by atoms with E-state index in [1.54, 1.807) is 30.5 Å². The van der Waals surface area contributed by atoms with E-state index in [1.807, 2.05) is 14.0 Å². The number of carbonyl (C=O) groups excluding carboxylic acids is 1. The second-order valence-electron chi connectivity index (χ2n) is 7.20. The first kappa shape index (κ1) is 18.9. The van der Waals surface area contributed by atoms with Gasteiger partial charge in [0.25, 0.3) is 5.91 Å². The molecule has 1 amide bonds. The van der Waals surface area contributed by atoms with Gasteiger partial charge in [0.15, 0.2) is 0 Å². The number of nitrogens with zero attached hydrogens (tertiary/aromatic N) is 3. The molecule has 0 spiro atoms. The molecule has 1 fully saturated rings. The second kappa shape index (κ2) is 7.16. The van der Waals surface area contributed by atoms with Crippen molar-refractivity contribution in [2.75, 3.05) is 38.5 Å². The zero-order valence-corrected chi connectivity index (χ0v) is 16.7. The quantitative estimate of drug-likeness (QED) is 0.760. The SMILES string of the molecule is Cc1cnc(/C=C2\C(=O)Nc3cccc(S(=O)(=O)N4CCCN(C)CC4)c32)[nH]1. The van der Waals surface area contributed by atoms with Crippen LogP contribution in [0, 0.1) is 6.92 Å². The Labute approximate surface area is 164 Å². The summed E-state index contributed by atoms with van der Waals surface area (Å²) in [6.07, 6.45) is 4.04. The zero-order chi connectivity index (χ0) is 19.9. The minimum Gasteiger partial charge on any atom is -0.343 e. The van der Waals surface area contributed by atoms with Crippen LogP contribution in [0.2, 0.25) is 0 Å². The van der Waals surface area contributed by atoms with Gasteiger partial charge >= 0.3 is 0 Å². The molecule has 2 aliphatic heterocycles. The molecule has 28 heavy (non-hydrogen) atoms. The van der Waals surface area contributed by atoms with E-state index in [1.165, 1.54) is 4.31 Å². The minimum atomic E-state index is -3.73. The number of fused-ring (bicyclic) bond motifs is 1. The van der Waals surface area contributed by atoms with Crippen molar-refractivity contribution >= 4 is 33.3 Å². The van der Waals surface area contributed by atoms with E-state index in [0.717, 1.165) is 18.7 Å². The van der Waals surface area contributed by atoms with E-state index in [2.05, 4.69) is 20.2 Å². The van der Waals surface area contributed by atoms with Gasteiger partial charge in [0, 0.05) is 37.1 Å². The number of aromatic nitrogens is 2. The third kappa shape index (κ3) is 3.36. The smallest absolute Gasteiger partial charge is 0.256 e. The fourth-order valence-electron chi connectivity index (χ4n) is 3.61. The van der Waals surface area contributed by atoms with Gasteiger partial charge in [0.05, 0.1) is 16.2 Å². The number of anilines is 1. The highest BCUT2D eigenvalue weighted by atomic mass is 32.2. The fraction of sp³-hybridized carbons (Fsp3) is 0.368. The van der Waals surface area contributed by atoms with E-state index in [0.29, 0.717) is 42.3 Å². The molecule has 0 aliphatic carbocycles. The monoisotopic (exact) mass is 401 g/mol. The van der Waals surface area contributed by atoms with E-state index in [4.69, 9.17) is 0 Å². The molecule has 0 unspecified atom stereocenters. The Kier molecular flexibility index (Phi) is 4.82. The number of likely N-dealkylation sites (N-methyl/N-ethyl adjacent to an activating group) is 1. The summed E-state index contributed by atoms with van der Waals surface area (Å²) in [5, 5.41) is 2.77. The van der Waals surface area contributed by atoms with Crippen LogP contribution < -0.4 is 5.32 Å². The lowest BCUT2D eigenvalue weighted by molar-refractivity contribution is -0.110. The molecule has 0 radical (unpaired) electrons. The highest BCUT2D eigenvalue weighted by molar-refractivity contribution is 7.89. The maximum atomic E-state index is 13.4.